The number of esters is 1. The van der Waals surface area contributed by atoms with E-state index in [1.807, 2.05) is 0 Å². The van der Waals surface area contributed by atoms with Gasteiger partial charge in [0.2, 0.25) is 0 Å². The summed E-state index contributed by atoms with van der Waals surface area (Å²) in [5.41, 5.74) is 6.75. The van der Waals surface area contributed by atoms with Crippen LogP contribution in [0.25, 0.3) is 0 Å². The first kappa shape index (κ1) is 10.8. The Bertz CT molecular complexity index is 455. The Morgan fingerprint density at radius 2 is 2.27 bits per heavy atom. The molecule has 0 atom stereocenters. The third-order valence-corrected chi connectivity index (χ3v) is 1.73. The fourth-order valence-corrected chi connectivity index (χ4v) is 1.05. The summed E-state index contributed by atoms with van der Waals surface area (Å²) in [4.78, 5) is 21.2. The Kier molecular flexibility index (Phi) is 3.47. The molecule has 0 aliphatic rings. The van der Waals surface area contributed by atoms with E-state index in [9.17, 15) is 9.59 Å². The molecule has 0 bridgehead atoms. The number of benzene rings is 1. The van der Waals surface area contributed by atoms with E-state index in [0.717, 1.165) is 0 Å². The molecule has 0 unspecified atom stereocenters. The fraction of sp³-hybridized carbons (Fsp3) is 0.0909. The summed E-state index contributed by atoms with van der Waals surface area (Å²) >= 11 is 0. The van der Waals surface area contributed by atoms with Crippen LogP contribution in [-0.2, 0) is 9.53 Å². The maximum atomic E-state index is 11.2. The molecule has 0 aliphatic heterocycles. The number of carbonyl (C=O) groups excluding carboxylic acids is 2. The second-order valence-corrected chi connectivity index (χ2v) is 2.68. The van der Waals surface area contributed by atoms with Gasteiger partial charge in [0.25, 0.3) is 0 Å². The van der Waals surface area contributed by atoms with Crippen molar-refractivity contribution in [1.82, 2.24) is 0 Å². The van der Waals surface area contributed by atoms with Crippen LogP contribution in [0.1, 0.15) is 15.9 Å². The van der Waals surface area contributed by atoms with Crippen LogP contribution in [0.2, 0.25) is 0 Å². The second kappa shape index (κ2) is 4.82. The van der Waals surface area contributed by atoms with Gasteiger partial charge in [-0.1, -0.05) is 5.92 Å². The molecule has 0 aromatic heterocycles. The highest BCUT2D eigenvalue weighted by atomic mass is 16.5. The van der Waals surface area contributed by atoms with Crippen LogP contribution >= 0.6 is 0 Å². The first-order chi connectivity index (χ1) is 7.19. The van der Waals surface area contributed by atoms with E-state index >= 15 is 0 Å². The van der Waals surface area contributed by atoms with Crippen molar-refractivity contribution in [1.29, 1.82) is 0 Å². The number of aldehydes is 1. The molecule has 0 radical (unpaired) electrons. The lowest BCUT2D eigenvalue weighted by atomic mass is 10.1. The van der Waals surface area contributed by atoms with Gasteiger partial charge >= 0.3 is 5.97 Å². The van der Waals surface area contributed by atoms with Crippen LogP contribution in [0.3, 0.4) is 0 Å². The third kappa shape index (κ3) is 2.58. The monoisotopic (exact) mass is 203 g/mol. The molecule has 0 aliphatic carbocycles. The van der Waals surface area contributed by atoms with Crippen molar-refractivity contribution in [2.24, 2.45) is 0 Å². The van der Waals surface area contributed by atoms with Gasteiger partial charge in [-0.3, -0.25) is 4.79 Å². The minimum atomic E-state index is -0.498. The highest BCUT2D eigenvalue weighted by Crippen LogP contribution is 2.14. The van der Waals surface area contributed by atoms with Gasteiger partial charge in [0.15, 0.2) is 6.29 Å². The van der Waals surface area contributed by atoms with Crippen molar-refractivity contribution in [3.8, 4) is 11.8 Å². The van der Waals surface area contributed by atoms with Crippen molar-refractivity contribution in [3.05, 3.63) is 29.3 Å². The van der Waals surface area contributed by atoms with E-state index in [4.69, 9.17) is 5.73 Å². The molecule has 1 rings (SSSR count). The number of hydrogen-bond donors (Lipinski definition) is 1. The molecule has 1 aromatic rings. The normalized spacial score (nSPS) is 8.60. The Morgan fingerprint density at radius 1 is 1.53 bits per heavy atom. The van der Waals surface area contributed by atoms with Gasteiger partial charge in [-0.05, 0) is 24.1 Å². The number of nitrogens with two attached hydrogens (primary N) is 1. The standard InChI is InChI=1S/C11H9NO3/c1-15-11(14)9-5-4-8(3-2-6-13)7-10(9)12/h4-7H,12H2,1H3. The molecule has 2 N–H and O–H groups in total. The number of nitrogen functional groups attached to an aromatic ring is 1. The highest BCUT2D eigenvalue weighted by molar-refractivity contribution is 5.95. The molecule has 4 nitrogen and oxygen atoms in total. The van der Waals surface area contributed by atoms with Gasteiger partial charge in [0, 0.05) is 11.3 Å². The number of rotatable bonds is 1. The van der Waals surface area contributed by atoms with E-state index in [1.165, 1.54) is 19.2 Å². The second-order valence-electron chi connectivity index (χ2n) is 2.68. The zero-order valence-corrected chi connectivity index (χ0v) is 8.11. The summed E-state index contributed by atoms with van der Waals surface area (Å²) in [6.45, 7) is 0. The minimum Gasteiger partial charge on any atom is -0.465 e. The lowest BCUT2D eigenvalue weighted by Crippen LogP contribution is -2.05. The third-order valence-electron chi connectivity index (χ3n) is 1.73. The molecule has 0 heterocycles. The van der Waals surface area contributed by atoms with Gasteiger partial charge in [0.1, 0.15) is 0 Å². The first-order valence-electron chi connectivity index (χ1n) is 4.12. The van der Waals surface area contributed by atoms with Gasteiger partial charge in [-0.2, -0.15) is 0 Å². The number of hydrogen-bond acceptors (Lipinski definition) is 4. The van der Waals surface area contributed by atoms with Crippen LogP contribution in [0.5, 0.6) is 0 Å². The average Bonchev–Trinajstić information content (AvgIpc) is 2.25. The molecule has 0 amide bonds. The zero-order chi connectivity index (χ0) is 11.3. The lowest BCUT2D eigenvalue weighted by Gasteiger charge is -2.03. The van der Waals surface area contributed by atoms with E-state index < -0.39 is 5.97 Å². The van der Waals surface area contributed by atoms with E-state index in [2.05, 4.69) is 16.6 Å². The quantitative estimate of drug-likeness (QED) is 0.314. The SMILES string of the molecule is COC(=O)c1ccc(C#CC=O)cc1N. The summed E-state index contributed by atoms with van der Waals surface area (Å²) in [6.07, 6.45) is 0.490. The van der Waals surface area contributed by atoms with Crippen LogP contribution in [0, 0.1) is 11.8 Å². The van der Waals surface area contributed by atoms with Crippen LogP contribution < -0.4 is 5.73 Å². The smallest absolute Gasteiger partial charge is 0.339 e. The van der Waals surface area contributed by atoms with Crippen LogP contribution in [0.4, 0.5) is 5.69 Å². The number of methoxy groups -OCH3 is 1. The molecule has 1 aromatic carbocycles. The number of anilines is 1. The largest absolute Gasteiger partial charge is 0.465 e. The van der Waals surface area contributed by atoms with Gasteiger partial charge < -0.3 is 10.5 Å². The predicted octanol–water partition coefficient (Wildman–Crippen LogP) is 0.606. The lowest BCUT2D eigenvalue weighted by molar-refractivity contribution is -0.103. The minimum absolute atomic E-state index is 0.277. The summed E-state index contributed by atoms with van der Waals surface area (Å²) < 4.78 is 4.53. The van der Waals surface area contributed by atoms with E-state index in [1.54, 1.807) is 6.07 Å². The number of carbonyl (C=O) groups is 2. The Morgan fingerprint density at radius 3 is 2.80 bits per heavy atom. The average molecular weight is 203 g/mol. The van der Waals surface area contributed by atoms with Crippen LogP contribution in [0.15, 0.2) is 18.2 Å². The van der Waals surface area contributed by atoms with Crippen molar-refractivity contribution >= 4 is 17.9 Å². The Labute approximate surface area is 87.0 Å². The first-order valence-corrected chi connectivity index (χ1v) is 4.12. The molecule has 0 spiro atoms. The van der Waals surface area contributed by atoms with Crippen molar-refractivity contribution < 1.29 is 14.3 Å². The molecule has 76 valence electrons. The molecular formula is C11H9NO3. The van der Waals surface area contributed by atoms with E-state index in [-0.39, 0.29) is 11.3 Å². The maximum Gasteiger partial charge on any atom is 0.339 e. The summed E-state index contributed by atoms with van der Waals surface area (Å²) in [5, 5.41) is 0. The van der Waals surface area contributed by atoms with Crippen molar-refractivity contribution in [2.75, 3.05) is 12.8 Å². The maximum absolute atomic E-state index is 11.2. The van der Waals surface area contributed by atoms with Crippen molar-refractivity contribution in [3.63, 3.8) is 0 Å². The Hall–Kier alpha value is -2.28. The highest BCUT2D eigenvalue weighted by Gasteiger charge is 2.08. The molecular weight excluding hydrogens is 194 g/mol. The zero-order valence-electron chi connectivity index (χ0n) is 8.11. The van der Waals surface area contributed by atoms with Crippen LogP contribution in [-0.4, -0.2) is 19.4 Å². The van der Waals surface area contributed by atoms with Gasteiger partial charge in [-0.15, -0.1) is 0 Å². The molecule has 4 heteroatoms. The Balaban J connectivity index is 3.08. The van der Waals surface area contributed by atoms with Gasteiger partial charge in [0.05, 0.1) is 12.7 Å². The van der Waals surface area contributed by atoms with E-state index in [0.29, 0.717) is 11.8 Å². The fourth-order valence-electron chi connectivity index (χ4n) is 1.05. The predicted molar refractivity (Wildman–Crippen MR) is 55.1 cm³/mol. The number of ether oxygens (including phenoxy) is 1. The molecule has 0 saturated heterocycles. The molecule has 15 heavy (non-hydrogen) atoms. The van der Waals surface area contributed by atoms with Gasteiger partial charge in [-0.25, -0.2) is 4.79 Å². The molecule has 0 saturated carbocycles. The summed E-state index contributed by atoms with van der Waals surface area (Å²) in [7, 11) is 1.28. The summed E-state index contributed by atoms with van der Waals surface area (Å²) in [5.74, 6) is 4.32. The van der Waals surface area contributed by atoms with Crippen molar-refractivity contribution in [2.45, 2.75) is 0 Å². The topological polar surface area (TPSA) is 69.4 Å². The molecule has 0 fully saturated rings. The summed E-state index contributed by atoms with van der Waals surface area (Å²) in [6, 6.07) is 4.62.